The SMILES string of the molecule is Cc1ccc(S(=O)(=O)O)cc1.Cc1cccc(S(=O)(=O)O)c1C.O=P(O)(O)O.O=S(=O)(O)O.Oc1ccccc1. The van der Waals surface area contributed by atoms with Gasteiger partial charge in [0.1, 0.15) is 5.75 Å². The molecule has 0 radical (unpaired) electrons. The van der Waals surface area contributed by atoms with Crippen molar-refractivity contribution in [1.82, 2.24) is 0 Å². The molecule has 0 aliphatic rings. The Morgan fingerprint density at radius 3 is 1.27 bits per heavy atom. The second-order valence-corrected chi connectivity index (χ2v) is 12.0. The Hall–Kier alpha value is -2.74. The lowest BCUT2D eigenvalue weighted by Crippen LogP contribution is -2.01. The molecule has 0 bridgehead atoms. The Labute approximate surface area is 231 Å². The average Bonchev–Trinajstić information content (AvgIpc) is 2.74. The first kappa shape index (κ1) is 39.4. The fourth-order valence-corrected chi connectivity index (χ4v) is 3.42. The van der Waals surface area contributed by atoms with Crippen LogP contribution in [0.4, 0.5) is 0 Å². The summed E-state index contributed by atoms with van der Waals surface area (Å²) in [6.45, 7) is 5.30. The van der Waals surface area contributed by atoms with Crippen LogP contribution < -0.4 is 0 Å². The molecule has 0 aromatic heterocycles. The van der Waals surface area contributed by atoms with E-state index in [1.165, 1.54) is 18.2 Å². The highest BCUT2D eigenvalue weighted by Crippen LogP contribution is 2.25. The zero-order valence-electron chi connectivity index (χ0n) is 21.0. The Bertz CT molecular complexity index is 1530. The number of hydrogen-bond donors (Lipinski definition) is 8. The largest absolute Gasteiger partial charge is 0.508 e. The fraction of sp³-hybridized carbons (Fsp3) is 0.143. The summed E-state index contributed by atoms with van der Waals surface area (Å²) < 4.78 is 100. The average molecular weight is 649 g/mol. The second-order valence-electron chi connectivity index (χ2n) is 7.26. The number of benzene rings is 3. The van der Waals surface area contributed by atoms with E-state index in [1.807, 2.05) is 13.0 Å². The number of phenols is 1. The molecule has 0 fully saturated rings. The predicted octanol–water partition coefficient (Wildman–Crippen LogP) is 2.60. The van der Waals surface area contributed by atoms with Gasteiger partial charge in [0.2, 0.25) is 0 Å². The molecule has 0 spiro atoms. The first-order valence-corrected chi connectivity index (χ1v) is 16.0. The van der Waals surface area contributed by atoms with Gasteiger partial charge in [-0.05, 0) is 62.2 Å². The molecular formula is C21H29O15PS3. The molecule has 0 aliphatic carbocycles. The van der Waals surface area contributed by atoms with E-state index < -0.39 is 38.5 Å². The minimum Gasteiger partial charge on any atom is -0.508 e. The number of aromatic hydroxyl groups is 1. The van der Waals surface area contributed by atoms with Crippen molar-refractivity contribution < 1.29 is 67.8 Å². The molecule has 0 saturated carbocycles. The molecule has 226 valence electrons. The summed E-state index contributed by atoms with van der Waals surface area (Å²) in [5.74, 6) is 0.322. The molecule has 3 aromatic carbocycles. The quantitative estimate of drug-likeness (QED) is 0.146. The van der Waals surface area contributed by atoms with Crippen LogP contribution in [0.25, 0.3) is 0 Å². The molecule has 0 atom stereocenters. The molecule has 3 rings (SSSR count). The highest BCUT2D eigenvalue weighted by molar-refractivity contribution is 7.86. The van der Waals surface area contributed by atoms with E-state index in [2.05, 4.69) is 0 Å². The van der Waals surface area contributed by atoms with E-state index in [4.69, 9.17) is 51.0 Å². The molecule has 0 amide bonds. The molecule has 3 aromatic rings. The lowest BCUT2D eigenvalue weighted by atomic mass is 10.1. The van der Waals surface area contributed by atoms with Crippen LogP contribution in [-0.2, 0) is 35.2 Å². The van der Waals surface area contributed by atoms with Gasteiger partial charge in [0, 0.05) is 0 Å². The van der Waals surface area contributed by atoms with Crippen LogP contribution in [0.2, 0.25) is 0 Å². The van der Waals surface area contributed by atoms with Crippen molar-refractivity contribution >= 4 is 38.5 Å². The lowest BCUT2D eigenvalue weighted by molar-refractivity contribution is 0.275. The number of para-hydroxylation sites is 1. The molecule has 15 nitrogen and oxygen atoms in total. The van der Waals surface area contributed by atoms with Gasteiger partial charge in [0.15, 0.2) is 0 Å². The number of hydrogen-bond acceptors (Lipinski definition) is 8. The molecule has 40 heavy (non-hydrogen) atoms. The van der Waals surface area contributed by atoms with Crippen LogP contribution in [0.15, 0.2) is 82.6 Å². The van der Waals surface area contributed by atoms with Gasteiger partial charge in [-0.2, -0.15) is 25.3 Å². The molecule has 0 heterocycles. The Kier molecular flexibility index (Phi) is 16.9. The van der Waals surface area contributed by atoms with E-state index in [1.54, 1.807) is 62.4 Å². The molecule has 19 heteroatoms. The van der Waals surface area contributed by atoms with E-state index in [-0.39, 0.29) is 9.79 Å². The Morgan fingerprint density at radius 2 is 1.00 bits per heavy atom. The highest BCUT2D eigenvalue weighted by Gasteiger charge is 2.12. The topological polar surface area (TPSA) is 281 Å². The molecule has 8 N–H and O–H groups in total. The summed E-state index contributed by atoms with van der Waals surface area (Å²) in [4.78, 5) is 21.5. The Morgan fingerprint density at radius 1 is 0.600 bits per heavy atom. The van der Waals surface area contributed by atoms with Crippen molar-refractivity contribution in [3.05, 3.63) is 89.5 Å². The maximum atomic E-state index is 10.8. The van der Waals surface area contributed by atoms with Crippen molar-refractivity contribution in [3.8, 4) is 5.75 Å². The molecular weight excluding hydrogens is 619 g/mol. The second kappa shape index (κ2) is 17.2. The number of phenolic OH excluding ortho intramolecular Hbond substituents is 1. The summed E-state index contributed by atoms with van der Waals surface area (Å²) in [6.07, 6.45) is 0. The van der Waals surface area contributed by atoms with E-state index in [0.717, 1.165) is 11.1 Å². The Balaban J connectivity index is 0. The van der Waals surface area contributed by atoms with Gasteiger partial charge in [0.05, 0.1) is 9.79 Å². The summed E-state index contributed by atoms with van der Waals surface area (Å²) >= 11 is 0. The van der Waals surface area contributed by atoms with Crippen LogP contribution in [0.5, 0.6) is 5.75 Å². The normalized spacial score (nSPS) is 11.1. The van der Waals surface area contributed by atoms with Crippen molar-refractivity contribution in [2.24, 2.45) is 0 Å². The van der Waals surface area contributed by atoms with E-state index in [9.17, 15) is 16.8 Å². The smallest absolute Gasteiger partial charge is 0.466 e. The van der Waals surface area contributed by atoms with Gasteiger partial charge in [-0.15, -0.1) is 0 Å². The maximum Gasteiger partial charge on any atom is 0.466 e. The molecule has 0 aliphatic heterocycles. The van der Waals surface area contributed by atoms with Crippen LogP contribution >= 0.6 is 7.82 Å². The third-order valence-electron chi connectivity index (χ3n) is 3.91. The highest BCUT2D eigenvalue weighted by atomic mass is 32.3. The van der Waals surface area contributed by atoms with Crippen molar-refractivity contribution in [2.45, 2.75) is 30.6 Å². The lowest BCUT2D eigenvalue weighted by Gasteiger charge is -2.03. The maximum absolute atomic E-state index is 10.8. The standard InChI is InChI=1S/C8H10O3S.C7H8O3S.C6H6O.H3O4P.H2O4S/c1-6-4-3-5-8(7(6)2)12(9,10)11;1-6-2-4-7(5-3-6)11(8,9)10;7-6-4-2-1-3-5-6;2*1-5(2,3)4/h3-5H,1-2H3,(H,9,10,11);2-5H,1H3,(H,8,9,10);1-5,7H;(H3,1,2,3,4);(H2,1,2,3,4). The first-order valence-electron chi connectivity index (χ1n) is 10.1. The molecule has 0 unspecified atom stereocenters. The van der Waals surface area contributed by atoms with Gasteiger partial charge in [-0.25, -0.2) is 4.57 Å². The summed E-state index contributed by atoms with van der Waals surface area (Å²) in [6, 6.07) is 19.5. The van der Waals surface area contributed by atoms with Gasteiger partial charge in [-0.3, -0.25) is 18.2 Å². The van der Waals surface area contributed by atoms with Gasteiger partial charge in [-0.1, -0.05) is 48.0 Å². The van der Waals surface area contributed by atoms with Crippen LogP contribution in [0, 0.1) is 20.8 Å². The monoisotopic (exact) mass is 648 g/mol. The number of phosphoric acid groups is 1. The van der Waals surface area contributed by atoms with Crippen LogP contribution in [-0.4, -0.2) is 63.3 Å². The zero-order valence-corrected chi connectivity index (χ0v) is 24.4. The van der Waals surface area contributed by atoms with Crippen molar-refractivity contribution in [1.29, 1.82) is 0 Å². The van der Waals surface area contributed by atoms with Gasteiger partial charge >= 0.3 is 18.2 Å². The summed E-state index contributed by atoms with van der Waals surface area (Å²) in [5, 5.41) is 8.63. The summed E-state index contributed by atoms with van der Waals surface area (Å²) in [7, 11) is -17.4. The zero-order chi connectivity index (χ0) is 31.9. The predicted molar refractivity (Wildman–Crippen MR) is 143 cm³/mol. The van der Waals surface area contributed by atoms with E-state index in [0.29, 0.717) is 11.3 Å². The van der Waals surface area contributed by atoms with Crippen molar-refractivity contribution in [3.63, 3.8) is 0 Å². The third-order valence-corrected chi connectivity index (χ3v) is 5.77. The number of aryl methyl sites for hydroxylation is 2. The minimum atomic E-state index is -4.67. The fourth-order valence-electron chi connectivity index (χ4n) is 2.14. The van der Waals surface area contributed by atoms with Crippen LogP contribution in [0.3, 0.4) is 0 Å². The van der Waals surface area contributed by atoms with Crippen LogP contribution in [0.1, 0.15) is 16.7 Å². The minimum absolute atomic E-state index is 0.0116. The van der Waals surface area contributed by atoms with Crippen molar-refractivity contribution in [2.75, 3.05) is 0 Å². The molecule has 0 saturated heterocycles. The van der Waals surface area contributed by atoms with E-state index >= 15 is 0 Å². The number of rotatable bonds is 2. The van der Waals surface area contributed by atoms with Gasteiger partial charge < -0.3 is 19.8 Å². The first-order chi connectivity index (χ1) is 17.8. The van der Waals surface area contributed by atoms with Gasteiger partial charge in [0.25, 0.3) is 20.2 Å². The third kappa shape index (κ3) is 24.3. The summed E-state index contributed by atoms with van der Waals surface area (Å²) in [5.41, 5.74) is 2.41.